The van der Waals surface area contributed by atoms with E-state index in [1.165, 1.54) is 12.1 Å². The number of guanidine groups is 1. The number of nitrogens with two attached hydrogens (primary N) is 1. The van der Waals surface area contributed by atoms with Crippen LogP contribution in [0.25, 0.3) is 0 Å². The van der Waals surface area contributed by atoms with Crippen molar-refractivity contribution < 1.29 is 4.39 Å². The minimum Gasteiger partial charge on any atom is -0.370 e. The third kappa shape index (κ3) is 3.11. The van der Waals surface area contributed by atoms with Crippen molar-refractivity contribution in [2.45, 2.75) is 6.54 Å². The van der Waals surface area contributed by atoms with E-state index in [9.17, 15) is 4.39 Å². The van der Waals surface area contributed by atoms with Gasteiger partial charge in [-0.1, -0.05) is 12.1 Å². The van der Waals surface area contributed by atoms with Crippen molar-refractivity contribution in [2.24, 2.45) is 10.7 Å². The van der Waals surface area contributed by atoms with Crippen LogP contribution >= 0.6 is 0 Å². The Morgan fingerprint density at radius 1 is 1.46 bits per heavy atom. The van der Waals surface area contributed by atoms with Crippen LogP contribution in [0.2, 0.25) is 0 Å². The van der Waals surface area contributed by atoms with Gasteiger partial charge in [0.1, 0.15) is 5.82 Å². The molecule has 3 N–H and O–H groups in total. The lowest BCUT2D eigenvalue weighted by Crippen LogP contribution is -2.30. The normalized spacial score (nSPS) is 11.4. The molecule has 0 aromatic heterocycles. The minimum absolute atomic E-state index is 0.235. The summed E-state index contributed by atoms with van der Waals surface area (Å²) >= 11 is 0. The molecule has 0 saturated carbocycles. The predicted molar refractivity (Wildman–Crippen MR) is 50.8 cm³/mol. The van der Waals surface area contributed by atoms with E-state index in [2.05, 4.69) is 10.3 Å². The van der Waals surface area contributed by atoms with Gasteiger partial charge in [0.2, 0.25) is 0 Å². The van der Waals surface area contributed by atoms with Crippen LogP contribution in [0.4, 0.5) is 4.39 Å². The molecule has 1 rings (SSSR count). The highest BCUT2D eigenvalue weighted by Crippen LogP contribution is 2.01. The molecule has 0 fully saturated rings. The Balaban J connectivity index is 2.51. The maximum atomic E-state index is 12.5. The van der Waals surface area contributed by atoms with E-state index in [0.717, 1.165) is 5.56 Å². The van der Waals surface area contributed by atoms with Gasteiger partial charge in [-0.05, 0) is 17.7 Å². The van der Waals surface area contributed by atoms with Crippen LogP contribution < -0.4 is 11.1 Å². The molecule has 0 radical (unpaired) electrons. The van der Waals surface area contributed by atoms with Crippen molar-refractivity contribution in [1.82, 2.24) is 5.32 Å². The Labute approximate surface area is 76.5 Å². The summed E-state index contributed by atoms with van der Waals surface area (Å²) in [5, 5.41) is 2.87. The summed E-state index contributed by atoms with van der Waals surface area (Å²) in [5.74, 6) is 0.144. The number of hydrogen-bond donors (Lipinski definition) is 2. The van der Waals surface area contributed by atoms with E-state index < -0.39 is 0 Å². The molecule has 0 heterocycles. The van der Waals surface area contributed by atoms with Gasteiger partial charge in [-0.15, -0.1) is 0 Å². The summed E-state index contributed by atoms with van der Waals surface area (Å²) in [6, 6.07) is 6.23. The van der Waals surface area contributed by atoms with Gasteiger partial charge in [0.05, 0.1) is 0 Å². The van der Waals surface area contributed by atoms with Crippen LogP contribution in [0.1, 0.15) is 5.56 Å². The number of halogens is 1. The maximum Gasteiger partial charge on any atom is 0.188 e. The first-order valence-electron chi connectivity index (χ1n) is 3.93. The second-order valence-electron chi connectivity index (χ2n) is 2.59. The molecule has 0 bridgehead atoms. The maximum absolute atomic E-state index is 12.5. The van der Waals surface area contributed by atoms with Gasteiger partial charge >= 0.3 is 0 Å². The molecule has 0 amide bonds. The fraction of sp³-hybridized carbons (Fsp3) is 0.222. The van der Waals surface area contributed by atoms with Crippen molar-refractivity contribution in [2.75, 3.05) is 7.05 Å². The summed E-state index contributed by atoms with van der Waals surface area (Å²) in [7, 11) is 1.60. The molecule has 0 atom stereocenters. The van der Waals surface area contributed by atoms with Crippen molar-refractivity contribution in [3.63, 3.8) is 0 Å². The molecule has 1 aromatic rings. The average Bonchev–Trinajstić information content (AvgIpc) is 2.16. The Kier molecular flexibility index (Phi) is 3.25. The van der Waals surface area contributed by atoms with E-state index in [-0.39, 0.29) is 5.82 Å². The highest BCUT2D eigenvalue weighted by atomic mass is 19.1. The van der Waals surface area contributed by atoms with Crippen LogP contribution in [-0.4, -0.2) is 13.0 Å². The van der Waals surface area contributed by atoms with Crippen molar-refractivity contribution >= 4 is 5.96 Å². The molecule has 13 heavy (non-hydrogen) atoms. The first-order valence-corrected chi connectivity index (χ1v) is 3.93. The van der Waals surface area contributed by atoms with Gasteiger partial charge in [-0.3, -0.25) is 4.99 Å². The van der Waals surface area contributed by atoms with E-state index in [1.54, 1.807) is 19.2 Å². The third-order valence-electron chi connectivity index (χ3n) is 1.63. The topological polar surface area (TPSA) is 50.4 Å². The lowest BCUT2D eigenvalue weighted by molar-refractivity contribution is 0.626. The molecular weight excluding hydrogens is 169 g/mol. The zero-order chi connectivity index (χ0) is 9.68. The molecule has 0 saturated heterocycles. The zero-order valence-corrected chi connectivity index (χ0v) is 7.42. The fourth-order valence-corrected chi connectivity index (χ4v) is 0.874. The van der Waals surface area contributed by atoms with E-state index in [4.69, 9.17) is 5.73 Å². The van der Waals surface area contributed by atoms with Crippen LogP contribution in [0.3, 0.4) is 0 Å². The van der Waals surface area contributed by atoms with Crippen LogP contribution in [0, 0.1) is 5.82 Å². The molecule has 1 aromatic carbocycles. The summed E-state index contributed by atoms with van der Waals surface area (Å²) in [5.41, 5.74) is 6.38. The first kappa shape index (κ1) is 9.51. The number of aliphatic imine (C=N–C) groups is 1. The van der Waals surface area contributed by atoms with E-state index in [1.807, 2.05) is 0 Å². The standard InChI is InChI=1S/C9H12FN3/c1-12-9(11)13-6-7-2-4-8(10)5-3-7/h2-5H,6H2,1H3,(H3,11,12,13). The van der Waals surface area contributed by atoms with Gasteiger partial charge in [-0.2, -0.15) is 0 Å². The molecule has 0 unspecified atom stereocenters. The quantitative estimate of drug-likeness (QED) is 0.525. The highest BCUT2D eigenvalue weighted by molar-refractivity contribution is 5.77. The molecule has 70 valence electrons. The Morgan fingerprint density at radius 3 is 2.62 bits per heavy atom. The van der Waals surface area contributed by atoms with Crippen molar-refractivity contribution in [1.29, 1.82) is 0 Å². The minimum atomic E-state index is -0.235. The molecule has 0 aliphatic rings. The summed E-state index contributed by atoms with van der Waals surface area (Å²) in [4.78, 5) is 3.73. The molecule has 3 nitrogen and oxygen atoms in total. The largest absolute Gasteiger partial charge is 0.370 e. The average molecular weight is 181 g/mol. The van der Waals surface area contributed by atoms with Gasteiger partial charge < -0.3 is 11.1 Å². The number of benzene rings is 1. The van der Waals surface area contributed by atoms with E-state index >= 15 is 0 Å². The second kappa shape index (κ2) is 4.45. The highest BCUT2D eigenvalue weighted by Gasteiger charge is 1.93. The number of hydrogen-bond acceptors (Lipinski definition) is 1. The van der Waals surface area contributed by atoms with Gasteiger partial charge in [0.15, 0.2) is 5.96 Å². The van der Waals surface area contributed by atoms with Crippen molar-refractivity contribution in [3.8, 4) is 0 Å². The summed E-state index contributed by atoms with van der Waals surface area (Å²) in [6.45, 7) is 0.559. The smallest absolute Gasteiger partial charge is 0.188 e. The van der Waals surface area contributed by atoms with Crippen molar-refractivity contribution in [3.05, 3.63) is 35.6 Å². The molecule has 0 aliphatic heterocycles. The van der Waals surface area contributed by atoms with Crippen LogP contribution in [0.5, 0.6) is 0 Å². The van der Waals surface area contributed by atoms with Gasteiger partial charge in [-0.25, -0.2) is 4.39 Å². The summed E-state index contributed by atoms with van der Waals surface area (Å²) in [6.07, 6.45) is 0. The molecular formula is C9H12FN3. The Morgan fingerprint density at radius 2 is 2.08 bits per heavy atom. The molecule has 4 heteroatoms. The number of nitrogens with one attached hydrogen (secondary N) is 1. The monoisotopic (exact) mass is 181 g/mol. The van der Waals surface area contributed by atoms with E-state index in [0.29, 0.717) is 12.5 Å². The lowest BCUT2D eigenvalue weighted by atomic mass is 10.2. The zero-order valence-electron chi connectivity index (χ0n) is 7.42. The Hall–Kier alpha value is -1.58. The fourth-order valence-electron chi connectivity index (χ4n) is 0.874. The lowest BCUT2D eigenvalue weighted by Gasteiger charge is -2.03. The second-order valence-corrected chi connectivity index (χ2v) is 2.59. The van der Waals surface area contributed by atoms with Crippen LogP contribution in [-0.2, 0) is 6.54 Å². The van der Waals surface area contributed by atoms with Crippen LogP contribution in [0.15, 0.2) is 29.3 Å². The summed E-state index contributed by atoms with van der Waals surface area (Å²) < 4.78 is 12.5. The molecule has 0 aliphatic carbocycles. The SMILES string of the molecule is CN=C(N)NCc1ccc(F)cc1. The molecule has 0 spiro atoms. The van der Waals surface area contributed by atoms with Gasteiger partial charge in [0.25, 0.3) is 0 Å². The number of nitrogens with zero attached hydrogens (tertiary/aromatic N) is 1. The van der Waals surface area contributed by atoms with Gasteiger partial charge in [0, 0.05) is 13.6 Å². The Bertz CT molecular complexity index is 292. The number of rotatable bonds is 2. The predicted octanol–water partition coefficient (Wildman–Crippen LogP) is 0.860. The third-order valence-corrected chi connectivity index (χ3v) is 1.63. The first-order chi connectivity index (χ1) is 6.22.